The van der Waals surface area contributed by atoms with Crippen molar-refractivity contribution in [2.45, 2.75) is 20.0 Å². The van der Waals surface area contributed by atoms with Crippen LogP contribution < -0.4 is 5.32 Å². The Bertz CT molecular complexity index is 918. The Hall–Kier alpha value is -2.10. The Morgan fingerprint density at radius 1 is 1.42 bits per heavy atom. The van der Waals surface area contributed by atoms with Crippen molar-refractivity contribution in [2.75, 3.05) is 14.1 Å². The zero-order valence-corrected chi connectivity index (χ0v) is 17.6. The van der Waals surface area contributed by atoms with Crippen molar-refractivity contribution in [3.63, 3.8) is 0 Å². The summed E-state index contributed by atoms with van der Waals surface area (Å²) in [5.74, 6) is 1.26. The van der Waals surface area contributed by atoms with Crippen LogP contribution in [0.4, 0.5) is 4.39 Å². The molecule has 0 spiro atoms. The van der Waals surface area contributed by atoms with E-state index in [1.807, 2.05) is 38.3 Å². The largest absolute Gasteiger partial charge is 0.459 e. The zero-order valence-electron chi connectivity index (χ0n) is 15.3. The van der Waals surface area contributed by atoms with Gasteiger partial charge in [-0.05, 0) is 25.1 Å². The third-order valence-corrected chi connectivity index (χ3v) is 4.16. The zero-order chi connectivity index (χ0) is 18.0. The molecule has 0 amide bonds. The maximum atomic E-state index is 13.4. The normalized spacial score (nSPS) is 11.5. The second kappa shape index (κ2) is 8.52. The Labute approximate surface area is 169 Å². The number of furan rings is 1. The van der Waals surface area contributed by atoms with Crippen molar-refractivity contribution < 1.29 is 8.81 Å². The first-order chi connectivity index (χ1) is 12.0. The minimum atomic E-state index is -0.261. The quantitative estimate of drug-likeness (QED) is 0.360. The molecule has 8 heteroatoms. The number of aryl methyl sites for hydroxylation is 2. The van der Waals surface area contributed by atoms with Crippen LogP contribution in [0, 0.1) is 12.7 Å². The Morgan fingerprint density at radius 2 is 2.19 bits per heavy atom. The Balaban J connectivity index is 0.00000243. The number of hydrogen-bond acceptors (Lipinski definition) is 3. The van der Waals surface area contributed by atoms with E-state index in [1.165, 1.54) is 12.1 Å². The van der Waals surface area contributed by atoms with Gasteiger partial charge in [-0.1, -0.05) is 0 Å². The fourth-order valence-corrected chi connectivity index (χ4v) is 2.86. The van der Waals surface area contributed by atoms with Crippen LogP contribution >= 0.6 is 24.0 Å². The van der Waals surface area contributed by atoms with Gasteiger partial charge in [0.2, 0.25) is 0 Å². The summed E-state index contributed by atoms with van der Waals surface area (Å²) in [5.41, 5.74) is 2.73. The highest BCUT2D eigenvalue weighted by Crippen LogP contribution is 2.25. The summed E-state index contributed by atoms with van der Waals surface area (Å²) in [7, 11) is 5.59. The number of guanidine groups is 1. The molecule has 1 N–H and O–H groups in total. The molecule has 0 aliphatic heterocycles. The first-order valence-corrected chi connectivity index (χ1v) is 8.04. The van der Waals surface area contributed by atoms with E-state index in [4.69, 9.17) is 4.42 Å². The number of halogens is 2. The van der Waals surface area contributed by atoms with Crippen molar-refractivity contribution in [3.8, 4) is 0 Å². The number of rotatable bonds is 4. The molecule has 0 fully saturated rings. The minimum Gasteiger partial charge on any atom is -0.459 e. The van der Waals surface area contributed by atoms with Crippen molar-refractivity contribution in [1.29, 1.82) is 0 Å². The molecule has 0 atom stereocenters. The molecule has 1 aromatic carbocycles. The third-order valence-electron chi connectivity index (χ3n) is 4.16. The van der Waals surface area contributed by atoms with E-state index in [-0.39, 0.29) is 29.8 Å². The van der Waals surface area contributed by atoms with E-state index in [0.29, 0.717) is 18.7 Å². The molecule has 0 bridgehead atoms. The van der Waals surface area contributed by atoms with Gasteiger partial charge in [-0.2, -0.15) is 5.10 Å². The number of fused-ring (bicyclic) bond motifs is 1. The van der Waals surface area contributed by atoms with E-state index in [2.05, 4.69) is 15.4 Å². The molecule has 0 saturated heterocycles. The van der Waals surface area contributed by atoms with Gasteiger partial charge in [0, 0.05) is 50.4 Å². The molecule has 0 radical (unpaired) electrons. The molecule has 2 heterocycles. The van der Waals surface area contributed by atoms with Crippen LogP contribution in [0.2, 0.25) is 0 Å². The second-order valence-corrected chi connectivity index (χ2v) is 6.07. The highest BCUT2D eigenvalue weighted by Gasteiger charge is 2.13. The summed E-state index contributed by atoms with van der Waals surface area (Å²) in [6.07, 6.45) is 3.81. The first-order valence-electron chi connectivity index (χ1n) is 8.04. The average Bonchev–Trinajstić information content (AvgIpc) is 3.12. The standard InChI is InChI=1S/C18H22FN5O.HI/c1-12-15-7-14(19)5-6-16(15)25-17(12)9-21-18(20-2)23(3)10-13-8-22-24(4)11-13;/h5-8,11H,9-10H2,1-4H3,(H,20,21);1H. The molecule has 0 saturated carbocycles. The lowest BCUT2D eigenvalue weighted by Crippen LogP contribution is -2.38. The summed E-state index contributed by atoms with van der Waals surface area (Å²) >= 11 is 0. The molecule has 140 valence electrons. The molecule has 0 unspecified atom stereocenters. The number of aliphatic imine (C=N–C) groups is 1. The van der Waals surface area contributed by atoms with Crippen molar-refractivity contribution in [2.24, 2.45) is 12.0 Å². The summed E-state index contributed by atoms with van der Waals surface area (Å²) in [4.78, 5) is 6.31. The lowest BCUT2D eigenvalue weighted by Gasteiger charge is -2.21. The maximum absolute atomic E-state index is 13.4. The van der Waals surface area contributed by atoms with Crippen molar-refractivity contribution in [3.05, 3.63) is 53.3 Å². The molecule has 26 heavy (non-hydrogen) atoms. The van der Waals surface area contributed by atoms with Gasteiger partial charge in [-0.15, -0.1) is 24.0 Å². The third kappa shape index (κ3) is 4.35. The number of hydrogen-bond donors (Lipinski definition) is 1. The summed E-state index contributed by atoms with van der Waals surface area (Å²) < 4.78 is 21.0. The lowest BCUT2D eigenvalue weighted by atomic mass is 10.1. The molecule has 3 rings (SSSR count). The van der Waals surface area contributed by atoms with Crippen LogP contribution in [0.15, 0.2) is 40.0 Å². The number of aromatic nitrogens is 2. The van der Waals surface area contributed by atoms with Gasteiger partial charge in [-0.3, -0.25) is 9.67 Å². The van der Waals surface area contributed by atoms with Crippen LogP contribution in [0.5, 0.6) is 0 Å². The molecule has 3 aromatic rings. The topological polar surface area (TPSA) is 58.6 Å². The van der Waals surface area contributed by atoms with Gasteiger partial charge >= 0.3 is 0 Å². The number of nitrogens with zero attached hydrogens (tertiary/aromatic N) is 4. The van der Waals surface area contributed by atoms with Gasteiger partial charge in [0.15, 0.2) is 5.96 Å². The van der Waals surface area contributed by atoms with E-state index < -0.39 is 0 Å². The van der Waals surface area contributed by atoms with Crippen molar-refractivity contribution in [1.82, 2.24) is 20.0 Å². The molecule has 2 aromatic heterocycles. The molecular weight excluding hydrogens is 448 g/mol. The van der Waals surface area contributed by atoms with Gasteiger partial charge in [0.25, 0.3) is 0 Å². The van der Waals surface area contributed by atoms with E-state index >= 15 is 0 Å². The Kier molecular flexibility index (Phi) is 6.63. The molecule has 0 aliphatic rings. The molecule has 6 nitrogen and oxygen atoms in total. The SMILES string of the molecule is CN=C(NCc1oc2ccc(F)cc2c1C)N(C)Cc1cnn(C)c1.I. The fraction of sp³-hybridized carbons (Fsp3) is 0.333. The summed E-state index contributed by atoms with van der Waals surface area (Å²) in [6.45, 7) is 3.11. The lowest BCUT2D eigenvalue weighted by molar-refractivity contribution is 0.465. The van der Waals surface area contributed by atoms with E-state index in [9.17, 15) is 4.39 Å². The van der Waals surface area contributed by atoms with E-state index in [0.717, 1.165) is 28.2 Å². The highest BCUT2D eigenvalue weighted by atomic mass is 127. The van der Waals surface area contributed by atoms with Crippen LogP contribution in [-0.2, 0) is 20.1 Å². The van der Waals surface area contributed by atoms with Gasteiger partial charge in [0.05, 0.1) is 12.7 Å². The second-order valence-electron chi connectivity index (χ2n) is 6.07. The first kappa shape index (κ1) is 20.2. The predicted molar refractivity (Wildman–Crippen MR) is 111 cm³/mol. The highest BCUT2D eigenvalue weighted by molar-refractivity contribution is 14.0. The summed E-state index contributed by atoms with van der Waals surface area (Å²) in [5, 5.41) is 8.27. The van der Waals surface area contributed by atoms with Gasteiger partial charge < -0.3 is 14.6 Å². The minimum absolute atomic E-state index is 0. The Morgan fingerprint density at radius 3 is 2.85 bits per heavy atom. The van der Waals surface area contributed by atoms with Crippen LogP contribution in [-0.4, -0.2) is 34.7 Å². The van der Waals surface area contributed by atoms with Crippen LogP contribution in [0.1, 0.15) is 16.9 Å². The average molecular weight is 471 g/mol. The van der Waals surface area contributed by atoms with Crippen LogP contribution in [0.3, 0.4) is 0 Å². The summed E-state index contributed by atoms with van der Waals surface area (Å²) in [6, 6.07) is 4.56. The van der Waals surface area contributed by atoms with Crippen molar-refractivity contribution >= 4 is 40.9 Å². The van der Waals surface area contributed by atoms with E-state index in [1.54, 1.807) is 17.8 Å². The maximum Gasteiger partial charge on any atom is 0.194 e. The predicted octanol–water partition coefficient (Wildman–Crippen LogP) is 3.44. The molecule has 0 aliphatic carbocycles. The number of benzene rings is 1. The van der Waals surface area contributed by atoms with Gasteiger partial charge in [0.1, 0.15) is 17.2 Å². The van der Waals surface area contributed by atoms with Gasteiger partial charge in [-0.25, -0.2) is 4.39 Å². The molecular formula is C18H23FIN5O. The number of nitrogens with one attached hydrogen (secondary N) is 1. The smallest absolute Gasteiger partial charge is 0.194 e. The van der Waals surface area contributed by atoms with Crippen LogP contribution in [0.25, 0.3) is 11.0 Å². The monoisotopic (exact) mass is 471 g/mol. The fourth-order valence-electron chi connectivity index (χ4n) is 2.86.